The summed E-state index contributed by atoms with van der Waals surface area (Å²) in [6.07, 6.45) is 4.15. The third-order valence-corrected chi connectivity index (χ3v) is 6.60. The lowest BCUT2D eigenvalue weighted by atomic mass is 10.1. The second-order valence-electron chi connectivity index (χ2n) is 7.78. The highest BCUT2D eigenvalue weighted by Gasteiger charge is 2.25. The van der Waals surface area contributed by atoms with E-state index < -0.39 is 0 Å². The summed E-state index contributed by atoms with van der Waals surface area (Å²) in [4.78, 5) is 43.7. The topological polar surface area (TPSA) is 101 Å². The lowest BCUT2D eigenvalue weighted by molar-refractivity contribution is 0.0790. The molecule has 0 bridgehead atoms. The van der Waals surface area contributed by atoms with Gasteiger partial charge in [0.2, 0.25) is 5.95 Å². The van der Waals surface area contributed by atoms with E-state index in [9.17, 15) is 9.59 Å². The van der Waals surface area contributed by atoms with Crippen molar-refractivity contribution in [3.63, 3.8) is 0 Å². The van der Waals surface area contributed by atoms with Crippen molar-refractivity contribution in [2.24, 2.45) is 0 Å². The van der Waals surface area contributed by atoms with Gasteiger partial charge in [-0.1, -0.05) is 0 Å². The predicted octanol–water partition coefficient (Wildman–Crippen LogP) is 1.60. The highest BCUT2D eigenvalue weighted by molar-refractivity contribution is 7.13. The third-order valence-electron chi connectivity index (χ3n) is 5.53. The van der Waals surface area contributed by atoms with E-state index in [4.69, 9.17) is 9.72 Å². The molecule has 0 atom stereocenters. The van der Waals surface area contributed by atoms with Crippen LogP contribution in [0.2, 0.25) is 0 Å². The van der Waals surface area contributed by atoms with Crippen LogP contribution in [0.1, 0.15) is 49.3 Å². The van der Waals surface area contributed by atoms with Gasteiger partial charge in [0.1, 0.15) is 4.88 Å². The monoisotopic (exact) mass is 444 g/mol. The second-order valence-corrected chi connectivity index (χ2v) is 8.99. The number of amides is 2. The first-order valence-corrected chi connectivity index (χ1v) is 11.5. The van der Waals surface area contributed by atoms with Crippen molar-refractivity contribution in [2.45, 2.75) is 33.1 Å². The lowest BCUT2D eigenvalue weighted by Gasteiger charge is -2.27. The second kappa shape index (κ2) is 9.69. The third kappa shape index (κ3) is 5.01. The van der Waals surface area contributed by atoms with Crippen molar-refractivity contribution in [2.75, 3.05) is 50.8 Å². The van der Waals surface area contributed by atoms with Gasteiger partial charge in [0.15, 0.2) is 0 Å². The summed E-state index contributed by atoms with van der Waals surface area (Å²) in [5.74, 6) is 0.441. The maximum atomic E-state index is 13.0. The van der Waals surface area contributed by atoms with Gasteiger partial charge in [0.05, 0.1) is 35.2 Å². The Morgan fingerprint density at radius 1 is 1.13 bits per heavy atom. The summed E-state index contributed by atoms with van der Waals surface area (Å²) < 4.78 is 5.42. The number of hydrogen-bond donors (Lipinski definition) is 1. The Balaban J connectivity index is 1.50. The molecule has 2 amide bonds. The number of ether oxygens (including phenoxy) is 1. The van der Waals surface area contributed by atoms with Gasteiger partial charge in [0.25, 0.3) is 11.8 Å². The Kier molecular flexibility index (Phi) is 6.77. The Morgan fingerprint density at radius 3 is 2.55 bits per heavy atom. The van der Waals surface area contributed by atoms with Crippen LogP contribution >= 0.6 is 11.3 Å². The first-order valence-electron chi connectivity index (χ1n) is 10.7. The van der Waals surface area contributed by atoms with Crippen LogP contribution in [0.15, 0.2) is 6.20 Å². The van der Waals surface area contributed by atoms with Crippen LogP contribution in [0, 0.1) is 13.8 Å². The smallest absolute Gasteiger partial charge is 0.263 e. The maximum absolute atomic E-state index is 13.0. The number of carbonyl (C=O) groups is 2. The summed E-state index contributed by atoms with van der Waals surface area (Å²) in [5, 5.41) is 3.82. The van der Waals surface area contributed by atoms with Crippen LogP contribution in [-0.4, -0.2) is 77.6 Å². The van der Waals surface area contributed by atoms with E-state index in [1.165, 1.54) is 11.3 Å². The van der Waals surface area contributed by atoms with E-state index in [-0.39, 0.29) is 11.8 Å². The highest BCUT2D eigenvalue weighted by Crippen LogP contribution is 2.19. The fourth-order valence-electron chi connectivity index (χ4n) is 3.90. The summed E-state index contributed by atoms with van der Waals surface area (Å²) in [7, 11) is 0. The van der Waals surface area contributed by atoms with Crippen molar-refractivity contribution in [1.29, 1.82) is 0 Å². The van der Waals surface area contributed by atoms with Crippen LogP contribution < -0.4 is 10.2 Å². The van der Waals surface area contributed by atoms with Gasteiger partial charge < -0.3 is 19.9 Å². The first kappa shape index (κ1) is 21.6. The summed E-state index contributed by atoms with van der Waals surface area (Å²) >= 11 is 1.39. The van der Waals surface area contributed by atoms with Crippen LogP contribution in [0.3, 0.4) is 0 Å². The summed E-state index contributed by atoms with van der Waals surface area (Å²) in [6.45, 7) is 8.36. The fourth-order valence-corrected chi connectivity index (χ4v) is 4.73. The maximum Gasteiger partial charge on any atom is 0.263 e. The molecule has 166 valence electrons. The van der Waals surface area contributed by atoms with Crippen molar-refractivity contribution in [3.8, 4) is 0 Å². The Hall–Kier alpha value is -2.59. The van der Waals surface area contributed by atoms with E-state index in [1.807, 2.05) is 18.7 Å². The minimum atomic E-state index is -0.141. The van der Waals surface area contributed by atoms with Gasteiger partial charge in [-0.25, -0.2) is 15.0 Å². The van der Waals surface area contributed by atoms with Crippen molar-refractivity contribution < 1.29 is 14.3 Å². The quantitative estimate of drug-likeness (QED) is 0.722. The molecule has 1 N–H and O–H groups in total. The summed E-state index contributed by atoms with van der Waals surface area (Å²) in [6, 6.07) is 0. The number of anilines is 1. The van der Waals surface area contributed by atoms with Gasteiger partial charge >= 0.3 is 0 Å². The zero-order chi connectivity index (χ0) is 21.8. The number of thiazole rings is 1. The Labute approximate surface area is 185 Å². The molecular weight excluding hydrogens is 416 g/mol. The largest absolute Gasteiger partial charge is 0.378 e. The van der Waals surface area contributed by atoms with Gasteiger partial charge in [-0.05, 0) is 26.7 Å². The number of morpholine rings is 1. The normalized spacial score (nSPS) is 16.6. The molecule has 9 nitrogen and oxygen atoms in total. The van der Waals surface area contributed by atoms with E-state index >= 15 is 0 Å². The number of nitrogens with zero attached hydrogens (tertiary/aromatic N) is 5. The van der Waals surface area contributed by atoms with E-state index in [0.717, 1.165) is 49.7 Å². The van der Waals surface area contributed by atoms with Crippen molar-refractivity contribution >= 4 is 29.1 Å². The molecule has 31 heavy (non-hydrogen) atoms. The van der Waals surface area contributed by atoms with E-state index in [2.05, 4.69) is 20.2 Å². The average Bonchev–Trinajstić information content (AvgIpc) is 3.43. The van der Waals surface area contributed by atoms with Gasteiger partial charge in [0, 0.05) is 45.3 Å². The Morgan fingerprint density at radius 2 is 1.87 bits per heavy atom. The van der Waals surface area contributed by atoms with E-state index in [0.29, 0.717) is 48.3 Å². The molecule has 2 aliphatic rings. The molecule has 2 fully saturated rings. The number of hydrogen-bond acceptors (Lipinski definition) is 8. The molecule has 2 saturated heterocycles. The number of likely N-dealkylation sites (tertiary alicyclic amines) is 1. The molecule has 2 aromatic heterocycles. The molecule has 0 spiro atoms. The number of aryl methyl sites for hydroxylation is 2. The van der Waals surface area contributed by atoms with Gasteiger partial charge in [-0.2, -0.15) is 0 Å². The zero-order valence-corrected chi connectivity index (χ0v) is 18.8. The molecule has 0 radical (unpaired) electrons. The Bertz CT molecular complexity index is 951. The molecule has 0 unspecified atom stereocenters. The molecule has 0 aromatic carbocycles. The molecular formula is C21H28N6O3S. The molecule has 10 heteroatoms. The lowest BCUT2D eigenvalue weighted by Crippen LogP contribution is -2.38. The molecule has 2 aliphatic heterocycles. The molecule has 0 aliphatic carbocycles. The fraction of sp³-hybridized carbons (Fsp3) is 0.571. The van der Waals surface area contributed by atoms with E-state index in [1.54, 1.807) is 6.20 Å². The average molecular weight is 445 g/mol. The SMILES string of the molecule is Cc1nc(C)c(C(=O)NCCc2nc(N3CCOCC3)ncc2C(=O)N2CCCC2)s1. The molecule has 0 saturated carbocycles. The number of carbonyl (C=O) groups excluding carboxylic acids is 2. The van der Waals surface area contributed by atoms with Crippen molar-refractivity contribution in [3.05, 3.63) is 33.0 Å². The van der Waals surface area contributed by atoms with Crippen LogP contribution in [0.5, 0.6) is 0 Å². The summed E-state index contributed by atoms with van der Waals surface area (Å²) in [5.41, 5.74) is 1.94. The standard InChI is InChI=1S/C21H28N6O3S/c1-14-18(31-15(2)24-14)19(28)22-6-5-17-16(20(29)26-7-3-4-8-26)13-23-21(25-17)27-9-11-30-12-10-27/h13H,3-12H2,1-2H3,(H,22,28). The van der Waals surface area contributed by atoms with Crippen LogP contribution in [-0.2, 0) is 11.2 Å². The highest BCUT2D eigenvalue weighted by atomic mass is 32.1. The van der Waals surface area contributed by atoms with Gasteiger partial charge in [-0.15, -0.1) is 11.3 Å². The number of aromatic nitrogens is 3. The minimum absolute atomic E-state index is 0.0266. The van der Waals surface area contributed by atoms with Gasteiger partial charge in [-0.3, -0.25) is 9.59 Å². The number of nitrogens with one attached hydrogen (secondary N) is 1. The molecule has 4 heterocycles. The zero-order valence-electron chi connectivity index (χ0n) is 18.0. The number of rotatable bonds is 6. The molecule has 4 rings (SSSR count). The predicted molar refractivity (Wildman–Crippen MR) is 118 cm³/mol. The minimum Gasteiger partial charge on any atom is -0.378 e. The van der Waals surface area contributed by atoms with Crippen molar-refractivity contribution in [1.82, 2.24) is 25.2 Å². The van der Waals surface area contributed by atoms with Crippen LogP contribution in [0.4, 0.5) is 5.95 Å². The first-order chi connectivity index (χ1) is 15.0. The molecule has 2 aromatic rings. The van der Waals surface area contributed by atoms with Crippen LogP contribution in [0.25, 0.3) is 0 Å².